The van der Waals surface area contributed by atoms with Crippen LogP contribution in [0.1, 0.15) is 20.7 Å². The molecule has 0 unspecified atom stereocenters. The first-order valence-corrected chi connectivity index (χ1v) is 6.83. The number of nitrogens with zero attached hydrogens (tertiary/aromatic N) is 1. The molecule has 0 aliphatic rings. The molecule has 23 heavy (non-hydrogen) atoms. The highest BCUT2D eigenvalue weighted by molar-refractivity contribution is 6.42. The minimum absolute atomic E-state index is 0.196. The number of aromatic carboxylic acids is 1. The molecule has 2 rings (SSSR count). The van der Waals surface area contributed by atoms with Gasteiger partial charge in [0.15, 0.2) is 0 Å². The summed E-state index contributed by atoms with van der Waals surface area (Å²) in [6.07, 6.45) is 0. The highest BCUT2D eigenvalue weighted by atomic mass is 35.5. The summed E-state index contributed by atoms with van der Waals surface area (Å²) in [5.74, 6) is -2.19. The van der Waals surface area contributed by atoms with Crippen molar-refractivity contribution >= 4 is 46.5 Å². The monoisotopic (exact) mass is 354 g/mol. The number of benzene rings is 2. The van der Waals surface area contributed by atoms with Crippen LogP contribution in [0, 0.1) is 10.1 Å². The van der Waals surface area contributed by atoms with Gasteiger partial charge in [0.05, 0.1) is 26.1 Å². The van der Waals surface area contributed by atoms with Crippen molar-refractivity contribution in [3.05, 3.63) is 67.7 Å². The first kappa shape index (κ1) is 16.7. The summed E-state index contributed by atoms with van der Waals surface area (Å²) in [4.78, 5) is 33.5. The van der Waals surface area contributed by atoms with Gasteiger partial charge in [-0.15, -0.1) is 0 Å². The minimum atomic E-state index is -1.38. The van der Waals surface area contributed by atoms with Gasteiger partial charge in [0.1, 0.15) is 0 Å². The minimum Gasteiger partial charge on any atom is -0.478 e. The Balaban J connectivity index is 2.40. The van der Waals surface area contributed by atoms with E-state index in [0.717, 1.165) is 18.2 Å². The first-order valence-electron chi connectivity index (χ1n) is 6.07. The second-order valence-corrected chi connectivity index (χ2v) is 5.19. The van der Waals surface area contributed by atoms with Gasteiger partial charge in [0.2, 0.25) is 0 Å². The molecule has 0 saturated heterocycles. The van der Waals surface area contributed by atoms with E-state index >= 15 is 0 Å². The molecule has 0 radical (unpaired) electrons. The number of carbonyl (C=O) groups excluding carboxylic acids is 1. The number of nitro benzene ring substituents is 1. The summed E-state index contributed by atoms with van der Waals surface area (Å²) >= 11 is 11.6. The Bertz CT molecular complexity index is 823. The number of halogens is 2. The van der Waals surface area contributed by atoms with Crippen molar-refractivity contribution in [1.29, 1.82) is 0 Å². The van der Waals surface area contributed by atoms with Crippen LogP contribution >= 0.6 is 23.2 Å². The van der Waals surface area contributed by atoms with Crippen molar-refractivity contribution in [1.82, 2.24) is 0 Å². The number of non-ortho nitro benzene ring substituents is 1. The van der Waals surface area contributed by atoms with Crippen LogP contribution in [0.2, 0.25) is 10.0 Å². The molecule has 2 aromatic rings. The maximum absolute atomic E-state index is 12.2. The number of carboxylic acid groups (broad SMARTS) is 1. The van der Waals surface area contributed by atoms with Crippen molar-refractivity contribution in [3.8, 4) is 0 Å². The Kier molecular flexibility index (Phi) is 4.83. The molecule has 0 spiro atoms. The number of rotatable bonds is 4. The Labute approximate surface area is 139 Å². The largest absolute Gasteiger partial charge is 0.478 e. The fourth-order valence-corrected chi connectivity index (χ4v) is 2.09. The zero-order chi connectivity index (χ0) is 17.1. The lowest BCUT2D eigenvalue weighted by atomic mass is 10.1. The predicted molar refractivity (Wildman–Crippen MR) is 84.5 cm³/mol. The second kappa shape index (κ2) is 6.64. The highest BCUT2D eigenvalue weighted by Crippen LogP contribution is 2.26. The van der Waals surface area contributed by atoms with Crippen LogP contribution < -0.4 is 5.32 Å². The van der Waals surface area contributed by atoms with Crippen LogP contribution in [0.25, 0.3) is 0 Å². The molecule has 9 heteroatoms. The Morgan fingerprint density at radius 2 is 1.74 bits per heavy atom. The topological polar surface area (TPSA) is 110 Å². The third-order valence-corrected chi connectivity index (χ3v) is 3.61. The lowest BCUT2D eigenvalue weighted by Crippen LogP contribution is -2.16. The molecule has 1 amide bonds. The van der Waals surface area contributed by atoms with Crippen molar-refractivity contribution < 1.29 is 19.6 Å². The molecule has 7 nitrogen and oxygen atoms in total. The maximum atomic E-state index is 12.2. The Morgan fingerprint density at radius 3 is 2.30 bits per heavy atom. The van der Waals surface area contributed by atoms with Gasteiger partial charge < -0.3 is 10.4 Å². The molecule has 0 saturated carbocycles. The molecule has 0 bridgehead atoms. The van der Waals surface area contributed by atoms with Gasteiger partial charge >= 0.3 is 5.97 Å². The average Bonchev–Trinajstić information content (AvgIpc) is 2.50. The third-order valence-electron chi connectivity index (χ3n) is 2.87. The standard InChI is InChI=1S/C14H8Cl2N2O5/c15-11-4-1-7(5-12(11)16)17-13(19)10-6-8(18(22)23)2-3-9(10)14(20)21/h1-6H,(H,17,19)(H,20,21). The third kappa shape index (κ3) is 3.77. The highest BCUT2D eigenvalue weighted by Gasteiger charge is 2.21. The number of amides is 1. The second-order valence-electron chi connectivity index (χ2n) is 4.38. The van der Waals surface area contributed by atoms with E-state index < -0.39 is 22.5 Å². The van der Waals surface area contributed by atoms with Gasteiger partial charge in [-0.1, -0.05) is 23.2 Å². The van der Waals surface area contributed by atoms with E-state index in [9.17, 15) is 19.7 Å². The SMILES string of the molecule is O=C(O)c1ccc([N+](=O)[O-])cc1C(=O)Nc1ccc(Cl)c(Cl)c1. The molecular formula is C14H8Cl2N2O5. The summed E-state index contributed by atoms with van der Waals surface area (Å²) in [5, 5.41) is 22.8. The Hall–Kier alpha value is -2.64. The number of hydrogen-bond acceptors (Lipinski definition) is 4. The first-order chi connectivity index (χ1) is 10.8. The van der Waals surface area contributed by atoms with Gasteiger partial charge in [-0.05, 0) is 24.3 Å². The van der Waals surface area contributed by atoms with E-state index in [1.165, 1.54) is 18.2 Å². The molecule has 0 aliphatic heterocycles. The molecule has 2 aromatic carbocycles. The lowest BCUT2D eigenvalue weighted by Gasteiger charge is -2.08. The van der Waals surface area contributed by atoms with Crippen LogP contribution in [-0.4, -0.2) is 21.9 Å². The lowest BCUT2D eigenvalue weighted by molar-refractivity contribution is -0.384. The van der Waals surface area contributed by atoms with E-state index in [-0.39, 0.29) is 26.9 Å². The van der Waals surface area contributed by atoms with Crippen LogP contribution in [0.5, 0.6) is 0 Å². The number of carbonyl (C=O) groups is 2. The number of hydrogen-bond donors (Lipinski definition) is 2. The van der Waals surface area contributed by atoms with E-state index in [2.05, 4.69) is 5.32 Å². The molecular weight excluding hydrogens is 347 g/mol. The Morgan fingerprint density at radius 1 is 1.04 bits per heavy atom. The fraction of sp³-hybridized carbons (Fsp3) is 0. The van der Waals surface area contributed by atoms with Crippen LogP contribution in [0.3, 0.4) is 0 Å². The van der Waals surface area contributed by atoms with Crippen LogP contribution in [0.15, 0.2) is 36.4 Å². The van der Waals surface area contributed by atoms with Crippen molar-refractivity contribution in [2.45, 2.75) is 0 Å². The van der Waals surface area contributed by atoms with Gasteiger partial charge in [0, 0.05) is 17.8 Å². The molecule has 0 aromatic heterocycles. The van der Waals surface area contributed by atoms with Crippen molar-refractivity contribution in [2.75, 3.05) is 5.32 Å². The molecule has 2 N–H and O–H groups in total. The van der Waals surface area contributed by atoms with Crippen LogP contribution in [0.4, 0.5) is 11.4 Å². The fourth-order valence-electron chi connectivity index (χ4n) is 1.79. The number of anilines is 1. The van der Waals surface area contributed by atoms with Gasteiger partial charge in [-0.25, -0.2) is 4.79 Å². The van der Waals surface area contributed by atoms with Gasteiger partial charge in [0.25, 0.3) is 11.6 Å². The summed E-state index contributed by atoms with van der Waals surface area (Å²) in [6.45, 7) is 0. The van der Waals surface area contributed by atoms with Gasteiger partial charge in [-0.2, -0.15) is 0 Å². The van der Waals surface area contributed by atoms with Crippen molar-refractivity contribution in [2.24, 2.45) is 0 Å². The number of carboxylic acids is 1. The van der Waals surface area contributed by atoms with Crippen molar-refractivity contribution in [3.63, 3.8) is 0 Å². The van der Waals surface area contributed by atoms with Gasteiger partial charge in [-0.3, -0.25) is 14.9 Å². The summed E-state index contributed by atoms with van der Waals surface area (Å²) < 4.78 is 0. The molecule has 118 valence electrons. The van der Waals surface area contributed by atoms with Crippen LogP contribution in [-0.2, 0) is 0 Å². The molecule has 0 fully saturated rings. The zero-order valence-electron chi connectivity index (χ0n) is 11.2. The summed E-state index contributed by atoms with van der Waals surface area (Å²) in [6, 6.07) is 7.20. The number of nitrogens with one attached hydrogen (secondary N) is 1. The number of nitro groups is 1. The normalized spacial score (nSPS) is 10.2. The van der Waals surface area contributed by atoms with E-state index in [1.54, 1.807) is 0 Å². The molecule has 0 heterocycles. The molecule has 0 aliphatic carbocycles. The molecule has 0 atom stereocenters. The zero-order valence-corrected chi connectivity index (χ0v) is 12.8. The van der Waals surface area contributed by atoms with E-state index in [0.29, 0.717) is 0 Å². The summed E-state index contributed by atoms with van der Waals surface area (Å²) in [7, 11) is 0. The summed E-state index contributed by atoms with van der Waals surface area (Å²) in [5.41, 5.74) is -0.813. The maximum Gasteiger partial charge on any atom is 0.336 e. The quantitative estimate of drug-likeness (QED) is 0.639. The predicted octanol–water partition coefficient (Wildman–Crippen LogP) is 3.85. The van der Waals surface area contributed by atoms with E-state index in [4.69, 9.17) is 28.3 Å². The van der Waals surface area contributed by atoms with E-state index in [1.807, 2.05) is 0 Å². The smallest absolute Gasteiger partial charge is 0.336 e. The average molecular weight is 355 g/mol.